The van der Waals surface area contributed by atoms with Gasteiger partial charge in [-0.05, 0) is 12.8 Å². The summed E-state index contributed by atoms with van der Waals surface area (Å²) < 4.78 is 1.86. The van der Waals surface area contributed by atoms with Crippen molar-refractivity contribution in [1.82, 2.24) is 14.8 Å². The van der Waals surface area contributed by atoms with Gasteiger partial charge in [0, 0.05) is 18.9 Å². The standard InChI is InChI=1S/C10H17N3O/c1-3-5-10(14)9(4-2)6-13-7-11-12-8-13/h7-9H,3-6H2,1-2H3. The second-order valence-corrected chi connectivity index (χ2v) is 3.48. The molecule has 0 spiro atoms. The first-order chi connectivity index (χ1) is 6.77. The van der Waals surface area contributed by atoms with Crippen molar-refractivity contribution in [2.45, 2.75) is 39.7 Å². The summed E-state index contributed by atoms with van der Waals surface area (Å²) >= 11 is 0. The highest BCUT2D eigenvalue weighted by Gasteiger charge is 2.15. The summed E-state index contributed by atoms with van der Waals surface area (Å²) in [7, 11) is 0. The molecule has 78 valence electrons. The maximum absolute atomic E-state index is 11.6. The summed E-state index contributed by atoms with van der Waals surface area (Å²) in [5.74, 6) is 0.467. The van der Waals surface area contributed by atoms with Crippen LogP contribution in [0.4, 0.5) is 0 Å². The van der Waals surface area contributed by atoms with Gasteiger partial charge in [0.15, 0.2) is 0 Å². The third-order valence-electron chi connectivity index (χ3n) is 2.34. The molecule has 1 aromatic heterocycles. The number of carbonyl (C=O) groups is 1. The normalized spacial score (nSPS) is 12.7. The SMILES string of the molecule is CCCC(=O)C(CC)Cn1cnnc1. The van der Waals surface area contributed by atoms with E-state index in [1.165, 1.54) is 0 Å². The number of hydrogen-bond donors (Lipinski definition) is 0. The molecule has 0 aliphatic carbocycles. The summed E-state index contributed by atoms with van der Waals surface area (Å²) in [6.07, 6.45) is 5.80. The summed E-state index contributed by atoms with van der Waals surface area (Å²) in [5, 5.41) is 7.43. The van der Waals surface area contributed by atoms with Crippen LogP contribution in [0.3, 0.4) is 0 Å². The van der Waals surface area contributed by atoms with Crippen molar-refractivity contribution in [3.8, 4) is 0 Å². The molecular formula is C10H17N3O. The van der Waals surface area contributed by atoms with E-state index in [4.69, 9.17) is 0 Å². The van der Waals surface area contributed by atoms with Gasteiger partial charge in [-0.1, -0.05) is 13.8 Å². The molecule has 1 rings (SSSR count). The van der Waals surface area contributed by atoms with Crippen LogP contribution in [-0.4, -0.2) is 20.5 Å². The lowest BCUT2D eigenvalue weighted by atomic mass is 9.98. The summed E-state index contributed by atoms with van der Waals surface area (Å²) in [6, 6.07) is 0. The van der Waals surface area contributed by atoms with Gasteiger partial charge in [0.25, 0.3) is 0 Å². The predicted molar refractivity (Wildman–Crippen MR) is 53.7 cm³/mol. The number of hydrogen-bond acceptors (Lipinski definition) is 3. The van der Waals surface area contributed by atoms with Crippen LogP contribution in [0.1, 0.15) is 33.1 Å². The molecule has 1 atom stereocenters. The van der Waals surface area contributed by atoms with Crippen molar-refractivity contribution in [3.63, 3.8) is 0 Å². The third kappa shape index (κ3) is 2.94. The highest BCUT2D eigenvalue weighted by molar-refractivity contribution is 5.80. The Morgan fingerprint density at radius 3 is 2.50 bits per heavy atom. The van der Waals surface area contributed by atoms with Crippen LogP contribution in [0, 0.1) is 5.92 Å². The molecule has 0 amide bonds. The molecule has 1 heterocycles. The third-order valence-corrected chi connectivity index (χ3v) is 2.34. The molecule has 4 nitrogen and oxygen atoms in total. The number of aromatic nitrogens is 3. The number of carbonyl (C=O) groups excluding carboxylic acids is 1. The average Bonchev–Trinajstić information content (AvgIpc) is 2.66. The lowest BCUT2D eigenvalue weighted by Crippen LogP contribution is -2.19. The first-order valence-corrected chi connectivity index (χ1v) is 5.13. The van der Waals surface area contributed by atoms with Gasteiger partial charge in [0.05, 0.1) is 0 Å². The Hall–Kier alpha value is -1.19. The Morgan fingerprint density at radius 1 is 1.36 bits per heavy atom. The van der Waals surface area contributed by atoms with E-state index in [1.807, 2.05) is 18.4 Å². The maximum atomic E-state index is 11.6. The molecule has 1 unspecified atom stereocenters. The van der Waals surface area contributed by atoms with Gasteiger partial charge in [-0.25, -0.2) is 0 Å². The van der Waals surface area contributed by atoms with Crippen molar-refractivity contribution in [2.75, 3.05) is 0 Å². The lowest BCUT2D eigenvalue weighted by Gasteiger charge is -2.12. The van der Waals surface area contributed by atoms with Gasteiger partial charge >= 0.3 is 0 Å². The molecule has 0 fully saturated rings. The molecule has 1 aromatic rings. The van der Waals surface area contributed by atoms with Gasteiger partial charge in [-0.3, -0.25) is 4.79 Å². The first-order valence-electron chi connectivity index (χ1n) is 5.13. The molecule has 4 heteroatoms. The fraction of sp³-hybridized carbons (Fsp3) is 0.700. The zero-order valence-electron chi connectivity index (χ0n) is 8.81. The monoisotopic (exact) mass is 195 g/mol. The van der Waals surface area contributed by atoms with Crippen molar-refractivity contribution in [1.29, 1.82) is 0 Å². The van der Waals surface area contributed by atoms with Crippen LogP contribution < -0.4 is 0 Å². The van der Waals surface area contributed by atoms with Crippen molar-refractivity contribution < 1.29 is 4.79 Å². The van der Waals surface area contributed by atoms with Crippen molar-refractivity contribution in [2.24, 2.45) is 5.92 Å². The maximum Gasteiger partial charge on any atom is 0.137 e. The van der Waals surface area contributed by atoms with Crippen LogP contribution in [0.15, 0.2) is 12.7 Å². The van der Waals surface area contributed by atoms with Crippen LogP contribution in [0.5, 0.6) is 0 Å². The minimum Gasteiger partial charge on any atom is -0.319 e. The van der Waals surface area contributed by atoms with Crippen molar-refractivity contribution in [3.05, 3.63) is 12.7 Å². The lowest BCUT2D eigenvalue weighted by molar-refractivity contribution is -0.123. The fourth-order valence-corrected chi connectivity index (χ4v) is 1.48. The Labute approximate surface area is 84.3 Å². The highest BCUT2D eigenvalue weighted by atomic mass is 16.1. The van der Waals surface area contributed by atoms with E-state index >= 15 is 0 Å². The summed E-state index contributed by atoms with van der Waals surface area (Å²) in [4.78, 5) is 11.6. The smallest absolute Gasteiger partial charge is 0.137 e. The molecule has 0 N–H and O–H groups in total. The van der Waals surface area contributed by atoms with E-state index < -0.39 is 0 Å². The highest BCUT2D eigenvalue weighted by Crippen LogP contribution is 2.10. The Kier molecular flexibility index (Phi) is 4.29. The molecule has 0 radical (unpaired) electrons. The van der Waals surface area contributed by atoms with Crippen LogP contribution in [-0.2, 0) is 11.3 Å². The van der Waals surface area contributed by atoms with Crippen LogP contribution in [0.2, 0.25) is 0 Å². The molecule has 0 saturated carbocycles. The van der Waals surface area contributed by atoms with Gasteiger partial charge in [0.1, 0.15) is 18.4 Å². The quantitative estimate of drug-likeness (QED) is 0.693. The van der Waals surface area contributed by atoms with Crippen molar-refractivity contribution >= 4 is 5.78 Å². The molecule has 0 aromatic carbocycles. The molecule has 14 heavy (non-hydrogen) atoms. The second kappa shape index (κ2) is 5.52. The average molecular weight is 195 g/mol. The number of ketones is 1. The van der Waals surface area contributed by atoms with E-state index in [0.717, 1.165) is 12.8 Å². The van der Waals surface area contributed by atoms with E-state index in [1.54, 1.807) is 12.7 Å². The Morgan fingerprint density at radius 2 is 2.00 bits per heavy atom. The molecular weight excluding hydrogens is 178 g/mol. The van der Waals surface area contributed by atoms with Gasteiger partial charge in [-0.15, -0.1) is 10.2 Å². The molecule has 0 aliphatic rings. The van der Waals surface area contributed by atoms with E-state index in [9.17, 15) is 4.79 Å². The predicted octanol–water partition coefficient (Wildman–Crippen LogP) is 1.67. The molecule has 0 saturated heterocycles. The van der Waals surface area contributed by atoms with E-state index in [0.29, 0.717) is 18.7 Å². The van der Waals surface area contributed by atoms with Gasteiger partial charge < -0.3 is 4.57 Å². The minimum absolute atomic E-state index is 0.117. The number of nitrogens with zero attached hydrogens (tertiary/aromatic N) is 3. The summed E-state index contributed by atoms with van der Waals surface area (Å²) in [5.41, 5.74) is 0. The summed E-state index contributed by atoms with van der Waals surface area (Å²) in [6.45, 7) is 4.79. The van der Waals surface area contributed by atoms with E-state index in [-0.39, 0.29) is 5.92 Å². The zero-order chi connectivity index (χ0) is 10.4. The Balaban J connectivity index is 2.50. The largest absolute Gasteiger partial charge is 0.319 e. The van der Waals surface area contributed by atoms with E-state index in [2.05, 4.69) is 10.2 Å². The zero-order valence-corrected chi connectivity index (χ0v) is 8.81. The second-order valence-electron chi connectivity index (χ2n) is 3.48. The number of Topliss-reactive ketones (excluding diaryl/α,β-unsaturated/α-hetero) is 1. The molecule has 0 bridgehead atoms. The van der Waals surface area contributed by atoms with Gasteiger partial charge in [-0.2, -0.15) is 0 Å². The minimum atomic E-state index is 0.117. The van der Waals surface area contributed by atoms with Crippen LogP contribution in [0.25, 0.3) is 0 Å². The molecule has 0 aliphatic heterocycles. The van der Waals surface area contributed by atoms with Gasteiger partial charge in [0.2, 0.25) is 0 Å². The number of rotatable bonds is 6. The first kappa shape index (κ1) is 10.9. The van der Waals surface area contributed by atoms with Crippen LogP contribution >= 0.6 is 0 Å². The fourth-order valence-electron chi connectivity index (χ4n) is 1.48. The Bertz CT molecular complexity index is 269. The topological polar surface area (TPSA) is 47.8 Å².